The Morgan fingerprint density at radius 2 is 1.79 bits per heavy atom. The van der Waals surface area contributed by atoms with Crippen LogP contribution in [0.5, 0.6) is 0 Å². The second-order valence-corrected chi connectivity index (χ2v) is 6.56. The fraction of sp³-hybridized carbons (Fsp3) is 0.136. The summed E-state index contributed by atoms with van der Waals surface area (Å²) in [6.07, 6.45) is 1.79. The molecule has 0 saturated heterocycles. The molecule has 0 bridgehead atoms. The number of benzene rings is 2. The molecule has 0 unspecified atom stereocenters. The van der Waals surface area contributed by atoms with Gasteiger partial charge in [0.05, 0.1) is 24.3 Å². The Bertz CT molecular complexity index is 1070. The summed E-state index contributed by atoms with van der Waals surface area (Å²) >= 11 is 0. The van der Waals surface area contributed by atoms with Gasteiger partial charge in [0.15, 0.2) is 5.76 Å². The molecule has 2 heterocycles. The van der Waals surface area contributed by atoms with Crippen LogP contribution in [0.25, 0.3) is 11.3 Å². The van der Waals surface area contributed by atoms with Crippen molar-refractivity contribution in [1.82, 2.24) is 20.3 Å². The van der Waals surface area contributed by atoms with Crippen LogP contribution >= 0.6 is 0 Å². The van der Waals surface area contributed by atoms with Crippen LogP contribution in [0.4, 0.5) is 0 Å². The Kier molecular flexibility index (Phi) is 5.01. The molecule has 0 radical (unpaired) electrons. The number of carbonyl (C=O) groups excluding carboxylic acids is 1. The van der Waals surface area contributed by atoms with Crippen molar-refractivity contribution in [1.29, 1.82) is 0 Å². The first-order valence-electron chi connectivity index (χ1n) is 9.06. The maximum absolute atomic E-state index is 12.9. The van der Waals surface area contributed by atoms with Gasteiger partial charge in [-0.05, 0) is 12.5 Å². The number of carbonyl (C=O) groups is 1. The Morgan fingerprint density at radius 3 is 2.46 bits per heavy atom. The second kappa shape index (κ2) is 7.92. The number of amides is 1. The molecule has 0 aliphatic carbocycles. The number of hydrogen-bond acceptors (Lipinski definition) is 4. The van der Waals surface area contributed by atoms with Crippen LogP contribution in [-0.4, -0.2) is 20.8 Å². The van der Waals surface area contributed by atoms with Crippen LogP contribution in [0.1, 0.15) is 27.4 Å². The highest BCUT2D eigenvalue weighted by atomic mass is 16.5. The second-order valence-electron chi connectivity index (χ2n) is 6.56. The monoisotopic (exact) mass is 372 g/mol. The molecule has 0 aliphatic heterocycles. The minimum absolute atomic E-state index is 0.202. The molecular formula is C22H20N4O2. The number of hydrogen-bond donors (Lipinski definition) is 1. The van der Waals surface area contributed by atoms with E-state index in [4.69, 9.17) is 4.52 Å². The summed E-state index contributed by atoms with van der Waals surface area (Å²) in [6, 6.07) is 21.5. The van der Waals surface area contributed by atoms with Crippen molar-refractivity contribution in [2.24, 2.45) is 0 Å². The molecule has 0 fully saturated rings. The van der Waals surface area contributed by atoms with Gasteiger partial charge in [0.1, 0.15) is 5.69 Å². The van der Waals surface area contributed by atoms with Crippen molar-refractivity contribution >= 4 is 5.91 Å². The van der Waals surface area contributed by atoms with Gasteiger partial charge in [0, 0.05) is 17.8 Å². The topological polar surface area (TPSA) is 73.0 Å². The van der Waals surface area contributed by atoms with E-state index < -0.39 is 0 Å². The molecule has 0 aliphatic rings. The smallest absolute Gasteiger partial charge is 0.255 e. The lowest BCUT2D eigenvalue weighted by Crippen LogP contribution is -2.22. The molecule has 0 atom stereocenters. The third-order valence-corrected chi connectivity index (χ3v) is 4.34. The summed E-state index contributed by atoms with van der Waals surface area (Å²) < 4.78 is 6.96. The van der Waals surface area contributed by atoms with Crippen LogP contribution in [-0.2, 0) is 13.1 Å². The average Bonchev–Trinajstić information content (AvgIpc) is 3.34. The minimum Gasteiger partial charge on any atom is -0.359 e. The first kappa shape index (κ1) is 17.7. The highest BCUT2D eigenvalue weighted by molar-refractivity contribution is 5.99. The van der Waals surface area contributed by atoms with Gasteiger partial charge in [-0.15, -0.1) is 0 Å². The molecule has 1 amide bonds. The molecule has 6 heteroatoms. The summed E-state index contributed by atoms with van der Waals surface area (Å²) in [5, 5.41) is 11.4. The van der Waals surface area contributed by atoms with Crippen molar-refractivity contribution in [3.63, 3.8) is 0 Å². The Morgan fingerprint density at radius 1 is 1.07 bits per heavy atom. The number of nitrogens with zero attached hydrogens (tertiary/aromatic N) is 3. The Labute approximate surface area is 162 Å². The van der Waals surface area contributed by atoms with Crippen LogP contribution in [0.3, 0.4) is 0 Å². The van der Waals surface area contributed by atoms with E-state index >= 15 is 0 Å². The maximum atomic E-state index is 12.9. The number of aromatic nitrogens is 3. The fourth-order valence-electron chi connectivity index (χ4n) is 3.01. The van der Waals surface area contributed by atoms with E-state index in [1.807, 2.05) is 67.6 Å². The van der Waals surface area contributed by atoms with E-state index in [2.05, 4.69) is 15.6 Å². The first-order valence-corrected chi connectivity index (χ1v) is 9.06. The van der Waals surface area contributed by atoms with Crippen LogP contribution in [0.15, 0.2) is 77.4 Å². The van der Waals surface area contributed by atoms with Gasteiger partial charge in [-0.1, -0.05) is 65.8 Å². The summed E-state index contributed by atoms with van der Waals surface area (Å²) in [5.74, 6) is 0.413. The molecule has 0 saturated carbocycles. The highest BCUT2D eigenvalue weighted by Gasteiger charge is 2.18. The van der Waals surface area contributed by atoms with Crippen molar-refractivity contribution in [3.8, 4) is 11.3 Å². The van der Waals surface area contributed by atoms with Gasteiger partial charge >= 0.3 is 0 Å². The summed E-state index contributed by atoms with van der Waals surface area (Å²) in [6.45, 7) is 2.71. The summed E-state index contributed by atoms with van der Waals surface area (Å²) in [7, 11) is 0. The van der Waals surface area contributed by atoms with Crippen LogP contribution in [0.2, 0.25) is 0 Å². The first-order chi connectivity index (χ1) is 13.7. The molecule has 0 spiro atoms. The van der Waals surface area contributed by atoms with Crippen molar-refractivity contribution in [2.75, 3.05) is 0 Å². The predicted molar refractivity (Wildman–Crippen MR) is 106 cm³/mol. The van der Waals surface area contributed by atoms with E-state index in [-0.39, 0.29) is 12.5 Å². The molecular weight excluding hydrogens is 352 g/mol. The van der Waals surface area contributed by atoms with Crippen molar-refractivity contribution in [2.45, 2.75) is 20.0 Å². The van der Waals surface area contributed by atoms with E-state index in [1.54, 1.807) is 16.9 Å². The van der Waals surface area contributed by atoms with Gasteiger partial charge in [-0.25, -0.2) is 0 Å². The van der Waals surface area contributed by atoms with E-state index in [9.17, 15) is 4.79 Å². The lowest BCUT2D eigenvalue weighted by atomic mass is 10.1. The zero-order chi connectivity index (χ0) is 19.3. The molecule has 6 nitrogen and oxygen atoms in total. The molecule has 140 valence electrons. The number of aryl methyl sites for hydroxylation is 1. The normalized spacial score (nSPS) is 10.8. The van der Waals surface area contributed by atoms with Gasteiger partial charge in [-0.2, -0.15) is 5.10 Å². The van der Waals surface area contributed by atoms with Gasteiger partial charge in [0.2, 0.25) is 0 Å². The largest absolute Gasteiger partial charge is 0.359 e. The van der Waals surface area contributed by atoms with Crippen LogP contribution < -0.4 is 5.32 Å². The summed E-state index contributed by atoms with van der Waals surface area (Å²) in [4.78, 5) is 12.9. The fourth-order valence-corrected chi connectivity index (χ4v) is 3.01. The van der Waals surface area contributed by atoms with Gasteiger partial charge in [0.25, 0.3) is 5.91 Å². The van der Waals surface area contributed by atoms with Gasteiger partial charge in [-0.3, -0.25) is 9.48 Å². The average molecular weight is 372 g/mol. The molecule has 4 rings (SSSR count). The van der Waals surface area contributed by atoms with Crippen LogP contribution in [0, 0.1) is 6.92 Å². The standard InChI is InChI=1S/C22H20N4O2/c1-16-12-19(28-25-16)13-23-22(27)20-15-26(14-17-8-4-2-5-9-17)24-21(20)18-10-6-3-7-11-18/h2-12,15H,13-14H2,1H3,(H,23,27). The zero-order valence-corrected chi connectivity index (χ0v) is 15.5. The lowest BCUT2D eigenvalue weighted by molar-refractivity contribution is 0.0947. The number of nitrogens with one attached hydrogen (secondary N) is 1. The Balaban J connectivity index is 1.61. The quantitative estimate of drug-likeness (QED) is 0.558. The molecule has 28 heavy (non-hydrogen) atoms. The number of rotatable bonds is 6. The molecule has 2 aromatic carbocycles. The molecule has 2 aromatic heterocycles. The SMILES string of the molecule is Cc1cc(CNC(=O)c2cn(Cc3ccccc3)nc2-c2ccccc2)on1. The van der Waals surface area contributed by atoms with E-state index in [0.29, 0.717) is 23.6 Å². The molecule has 1 N–H and O–H groups in total. The molecule has 4 aromatic rings. The predicted octanol–water partition coefficient (Wildman–Crippen LogP) is 3.82. The van der Waals surface area contributed by atoms with Crippen molar-refractivity contribution < 1.29 is 9.32 Å². The van der Waals surface area contributed by atoms with Crippen molar-refractivity contribution in [3.05, 3.63) is 95.5 Å². The zero-order valence-electron chi connectivity index (χ0n) is 15.5. The third kappa shape index (κ3) is 4.01. The summed E-state index contributed by atoms with van der Waals surface area (Å²) in [5.41, 5.74) is 3.98. The minimum atomic E-state index is -0.202. The van der Waals surface area contributed by atoms with E-state index in [0.717, 1.165) is 16.8 Å². The van der Waals surface area contributed by atoms with Gasteiger partial charge < -0.3 is 9.84 Å². The highest BCUT2D eigenvalue weighted by Crippen LogP contribution is 2.22. The Hall–Kier alpha value is -3.67. The third-order valence-electron chi connectivity index (χ3n) is 4.34. The lowest BCUT2D eigenvalue weighted by Gasteiger charge is -2.03. The maximum Gasteiger partial charge on any atom is 0.255 e. The van der Waals surface area contributed by atoms with E-state index in [1.165, 1.54) is 0 Å².